The molecule has 0 aliphatic carbocycles. The smallest absolute Gasteiger partial charge is 0.236 e. The summed E-state index contributed by atoms with van der Waals surface area (Å²) in [7, 11) is -2.85. The molecule has 1 aliphatic rings. The highest BCUT2D eigenvalue weighted by Crippen LogP contribution is 2.17. The lowest BCUT2D eigenvalue weighted by atomic mass is 10.1. The van der Waals surface area contributed by atoms with E-state index < -0.39 is 15.9 Å². The van der Waals surface area contributed by atoms with Crippen LogP contribution in [0.25, 0.3) is 0 Å². The Bertz CT molecular complexity index is 316. The fourth-order valence-corrected chi connectivity index (χ4v) is 3.30. The second-order valence-corrected chi connectivity index (χ2v) is 6.03. The molecule has 1 heterocycles. The molecule has 0 spiro atoms. The number of nitrogens with two attached hydrogens (primary N) is 1. The predicted octanol–water partition coefficient (Wildman–Crippen LogP) is -0.694. The van der Waals surface area contributed by atoms with Crippen molar-refractivity contribution in [2.45, 2.75) is 19.4 Å². The van der Waals surface area contributed by atoms with Crippen molar-refractivity contribution in [3.8, 4) is 0 Å². The minimum absolute atomic E-state index is 0. The molecule has 5 nitrogen and oxygen atoms in total. The number of hydrogen-bond acceptors (Lipinski definition) is 4. The molecule has 1 rings (SSSR count). The van der Waals surface area contributed by atoms with E-state index in [-0.39, 0.29) is 35.7 Å². The average Bonchev–Trinajstić information content (AvgIpc) is 2.41. The Morgan fingerprint density at radius 3 is 2.60 bits per heavy atom. The molecule has 2 atom stereocenters. The summed E-state index contributed by atoms with van der Waals surface area (Å²) >= 11 is 0. The lowest BCUT2D eigenvalue weighted by Gasteiger charge is -2.11. The van der Waals surface area contributed by atoms with Gasteiger partial charge in [-0.05, 0) is 19.3 Å². The highest BCUT2D eigenvalue weighted by molar-refractivity contribution is 7.91. The summed E-state index contributed by atoms with van der Waals surface area (Å²) in [5.74, 6) is 0.259. The second kappa shape index (κ2) is 5.67. The fraction of sp³-hybridized carbons (Fsp3) is 0.875. The van der Waals surface area contributed by atoms with Crippen LogP contribution in [0, 0.1) is 5.92 Å². The molecule has 3 N–H and O–H groups in total. The number of carbonyl (C=O) groups excluding carboxylic acids is 1. The third-order valence-electron chi connectivity index (χ3n) is 2.31. The van der Waals surface area contributed by atoms with Crippen LogP contribution in [0.3, 0.4) is 0 Å². The van der Waals surface area contributed by atoms with Crippen molar-refractivity contribution >= 4 is 28.2 Å². The van der Waals surface area contributed by atoms with Gasteiger partial charge in [-0.1, -0.05) is 0 Å². The Labute approximate surface area is 96.1 Å². The highest BCUT2D eigenvalue weighted by Gasteiger charge is 2.27. The van der Waals surface area contributed by atoms with Gasteiger partial charge in [-0.15, -0.1) is 12.4 Å². The van der Waals surface area contributed by atoms with Crippen LogP contribution in [0.4, 0.5) is 0 Å². The summed E-state index contributed by atoms with van der Waals surface area (Å²) in [5.41, 5.74) is 5.34. The van der Waals surface area contributed by atoms with Crippen LogP contribution >= 0.6 is 12.4 Å². The minimum atomic E-state index is -2.85. The third kappa shape index (κ3) is 4.81. The normalized spacial score (nSPS) is 25.3. The summed E-state index contributed by atoms with van der Waals surface area (Å²) in [6, 6.07) is -0.534. The van der Waals surface area contributed by atoms with Crippen LogP contribution < -0.4 is 11.1 Å². The number of halogens is 1. The van der Waals surface area contributed by atoms with E-state index in [9.17, 15) is 13.2 Å². The zero-order valence-electron chi connectivity index (χ0n) is 8.60. The minimum Gasteiger partial charge on any atom is -0.354 e. The molecule has 2 unspecified atom stereocenters. The molecule has 0 aromatic carbocycles. The molecule has 1 amide bonds. The van der Waals surface area contributed by atoms with E-state index in [1.165, 1.54) is 0 Å². The van der Waals surface area contributed by atoms with E-state index >= 15 is 0 Å². The lowest BCUT2D eigenvalue weighted by molar-refractivity contribution is -0.122. The highest BCUT2D eigenvalue weighted by atomic mass is 35.5. The monoisotopic (exact) mass is 256 g/mol. The Morgan fingerprint density at radius 1 is 1.60 bits per heavy atom. The van der Waals surface area contributed by atoms with Crippen LogP contribution in [0.5, 0.6) is 0 Å². The number of nitrogens with one attached hydrogen (secondary N) is 1. The van der Waals surface area contributed by atoms with Gasteiger partial charge >= 0.3 is 0 Å². The third-order valence-corrected chi connectivity index (χ3v) is 4.14. The van der Waals surface area contributed by atoms with Crippen molar-refractivity contribution in [2.24, 2.45) is 11.7 Å². The van der Waals surface area contributed by atoms with Crippen LogP contribution in [0.15, 0.2) is 0 Å². The van der Waals surface area contributed by atoms with Crippen molar-refractivity contribution in [3.63, 3.8) is 0 Å². The van der Waals surface area contributed by atoms with Gasteiger partial charge in [0.25, 0.3) is 0 Å². The second-order valence-electron chi connectivity index (χ2n) is 3.80. The van der Waals surface area contributed by atoms with E-state index in [2.05, 4.69) is 5.32 Å². The Kier molecular flexibility index (Phi) is 5.55. The molecule has 0 radical (unpaired) electrons. The van der Waals surface area contributed by atoms with Crippen LogP contribution in [0.2, 0.25) is 0 Å². The number of hydrogen-bond donors (Lipinski definition) is 2. The van der Waals surface area contributed by atoms with Gasteiger partial charge in [0.2, 0.25) is 5.91 Å². The van der Waals surface area contributed by atoms with E-state index in [0.717, 1.165) is 0 Å². The molecule has 15 heavy (non-hydrogen) atoms. The Hall–Kier alpha value is -0.330. The molecule has 1 fully saturated rings. The summed E-state index contributed by atoms with van der Waals surface area (Å²) in [6.07, 6.45) is 0.640. The van der Waals surface area contributed by atoms with Gasteiger partial charge in [0, 0.05) is 6.54 Å². The molecule has 0 saturated carbocycles. The SMILES string of the molecule is CC(N)C(=O)NCC1CCS(=O)(=O)C1.Cl. The maximum absolute atomic E-state index is 11.1. The summed E-state index contributed by atoms with van der Waals surface area (Å²) in [4.78, 5) is 11.1. The summed E-state index contributed by atoms with van der Waals surface area (Å²) in [5, 5.41) is 2.63. The standard InChI is InChI=1S/C8H16N2O3S.ClH/c1-6(9)8(11)10-4-7-2-3-14(12,13)5-7;/h6-7H,2-5,9H2,1H3,(H,10,11);1H. The van der Waals surface area contributed by atoms with Gasteiger partial charge in [0.15, 0.2) is 9.84 Å². The molecule has 0 aromatic rings. The van der Waals surface area contributed by atoms with Crippen LogP contribution in [-0.4, -0.2) is 38.4 Å². The number of sulfone groups is 1. The van der Waals surface area contributed by atoms with E-state index in [1.807, 2.05) is 0 Å². The average molecular weight is 257 g/mol. The topological polar surface area (TPSA) is 89.3 Å². The van der Waals surface area contributed by atoms with Crippen molar-refractivity contribution in [2.75, 3.05) is 18.1 Å². The van der Waals surface area contributed by atoms with Crippen molar-refractivity contribution < 1.29 is 13.2 Å². The molecule has 1 aliphatic heterocycles. The van der Waals surface area contributed by atoms with Gasteiger partial charge in [-0.25, -0.2) is 8.42 Å². The Balaban J connectivity index is 0.00000196. The van der Waals surface area contributed by atoms with Crippen molar-refractivity contribution in [3.05, 3.63) is 0 Å². The maximum Gasteiger partial charge on any atom is 0.236 e. The first-order valence-corrected chi connectivity index (χ1v) is 6.46. The largest absolute Gasteiger partial charge is 0.354 e. The van der Waals surface area contributed by atoms with E-state index in [0.29, 0.717) is 13.0 Å². The lowest BCUT2D eigenvalue weighted by Crippen LogP contribution is -2.40. The quantitative estimate of drug-likeness (QED) is 0.699. The van der Waals surface area contributed by atoms with Crippen LogP contribution in [-0.2, 0) is 14.6 Å². The number of carbonyl (C=O) groups is 1. The first-order valence-electron chi connectivity index (χ1n) is 4.64. The van der Waals surface area contributed by atoms with Crippen molar-refractivity contribution in [1.29, 1.82) is 0 Å². The first kappa shape index (κ1) is 14.7. The van der Waals surface area contributed by atoms with Gasteiger partial charge in [-0.3, -0.25) is 4.79 Å². The molecule has 0 bridgehead atoms. The van der Waals surface area contributed by atoms with Crippen LogP contribution in [0.1, 0.15) is 13.3 Å². The molecule has 90 valence electrons. The molecule has 1 saturated heterocycles. The zero-order valence-corrected chi connectivity index (χ0v) is 10.2. The summed E-state index contributed by atoms with van der Waals surface area (Å²) in [6.45, 7) is 2.01. The van der Waals surface area contributed by atoms with E-state index in [4.69, 9.17) is 5.73 Å². The molecule has 7 heteroatoms. The van der Waals surface area contributed by atoms with Crippen molar-refractivity contribution in [1.82, 2.24) is 5.32 Å². The predicted molar refractivity (Wildman–Crippen MR) is 60.7 cm³/mol. The molecule has 0 aromatic heterocycles. The maximum atomic E-state index is 11.1. The summed E-state index contributed by atoms with van der Waals surface area (Å²) < 4.78 is 22.2. The van der Waals surface area contributed by atoms with E-state index in [1.54, 1.807) is 6.92 Å². The first-order chi connectivity index (χ1) is 6.41. The molecular formula is C8H17ClN2O3S. The van der Waals surface area contributed by atoms with Gasteiger partial charge in [0.05, 0.1) is 17.5 Å². The Morgan fingerprint density at radius 2 is 2.20 bits per heavy atom. The number of amides is 1. The van der Waals surface area contributed by atoms with Gasteiger partial charge in [0.1, 0.15) is 0 Å². The van der Waals surface area contributed by atoms with Gasteiger partial charge < -0.3 is 11.1 Å². The number of rotatable bonds is 3. The van der Waals surface area contributed by atoms with Gasteiger partial charge in [-0.2, -0.15) is 0 Å². The molecular weight excluding hydrogens is 240 g/mol. The fourth-order valence-electron chi connectivity index (χ4n) is 1.44. The zero-order chi connectivity index (χ0) is 10.8.